The van der Waals surface area contributed by atoms with Gasteiger partial charge in [-0.2, -0.15) is 18.2 Å². The van der Waals surface area contributed by atoms with Crippen LogP contribution in [0.1, 0.15) is 28.9 Å². The first-order chi connectivity index (χ1) is 9.41. The summed E-state index contributed by atoms with van der Waals surface area (Å²) in [4.78, 5) is 3.26. The fourth-order valence-electron chi connectivity index (χ4n) is 1.61. The van der Waals surface area contributed by atoms with Crippen LogP contribution in [0.15, 0.2) is 28.8 Å². The molecule has 0 aliphatic heterocycles. The normalized spacial score (nSPS) is 13.4. The Morgan fingerprint density at radius 3 is 2.45 bits per heavy atom. The first-order valence-corrected chi connectivity index (χ1v) is 5.66. The van der Waals surface area contributed by atoms with Gasteiger partial charge in [0, 0.05) is 7.11 Å². The number of ether oxygens (including phenoxy) is 1. The number of nitrogens with zero attached hydrogens (tertiary/aromatic N) is 2. The van der Waals surface area contributed by atoms with Gasteiger partial charge in [-0.3, -0.25) is 0 Å². The summed E-state index contributed by atoms with van der Waals surface area (Å²) in [7, 11) is 1.57. The Morgan fingerprint density at radius 2 is 1.95 bits per heavy atom. The third-order valence-electron chi connectivity index (χ3n) is 2.61. The summed E-state index contributed by atoms with van der Waals surface area (Å²) >= 11 is 0. The molecule has 0 aliphatic carbocycles. The molecule has 8 heteroatoms. The van der Waals surface area contributed by atoms with E-state index in [-0.39, 0.29) is 5.82 Å². The second-order valence-corrected chi connectivity index (χ2v) is 4.11. The lowest BCUT2D eigenvalue weighted by molar-refractivity contribution is -0.159. The third-order valence-corrected chi connectivity index (χ3v) is 2.61. The van der Waals surface area contributed by atoms with E-state index in [1.807, 2.05) is 0 Å². The first-order valence-electron chi connectivity index (χ1n) is 5.66. The van der Waals surface area contributed by atoms with E-state index >= 15 is 0 Å². The first kappa shape index (κ1) is 14.5. The molecule has 1 unspecified atom stereocenters. The Balaban J connectivity index is 2.18. The quantitative estimate of drug-likeness (QED) is 0.933. The molecule has 0 amide bonds. The lowest BCUT2D eigenvalue weighted by Gasteiger charge is -2.08. The third kappa shape index (κ3) is 3.14. The summed E-state index contributed by atoms with van der Waals surface area (Å²) in [5.41, 5.74) is 7.32. The van der Waals surface area contributed by atoms with Gasteiger partial charge in [0.1, 0.15) is 0 Å². The molecule has 20 heavy (non-hydrogen) atoms. The van der Waals surface area contributed by atoms with E-state index < -0.39 is 18.1 Å². The molecule has 0 saturated heterocycles. The predicted molar refractivity (Wildman–Crippen MR) is 62.5 cm³/mol. The molecule has 0 fully saturated rings. The number of hydrogen-bond acceptors (Lipinski definition) is 5. The number of halogens is 3. The average molecular weight is 287 g/mol. The van der Waals surface area contributed by atoms with Crippen molar-refractivity contribution in [2.75, 3.05) is 7.11 Å². The molecular weight excluding hydrogens is 275 g/mol. The van der Waals surface area contributed by atoms with Crippen molar-refractivity contribution in [2.45, 2.75) is 18.8 Å². The van der Waals surface area contributed by atoms with Crippen LogP contribution in [0.5, 0.6) is 0 Å². The zero-order valence-corrected chi connectivity index (χ0v) is 10.5. The van der Waals surface area contributed by atoms with Gasteiger partial charge >= 0.3 is 12.1 Å². The van der Waals surface area contributed by atoms with Gasteiger partial charge in [-0.15, -0.1) is 0 Å². The molecule has 0 spiro atoms. The van der Waals surface area contributed by atoms with Gasteiger partial charge in [-0.1, -0.05) is 29.4 Å². The Bertz CT molecular complexity index is 566. The molecule has 0 saturated carbocycles. The van der Waals surface area contributed by atoms with E-state index in [1.54, 1.807) is 31.4 Å². The molecule has 1 atom stereocenters. The number of aromatic nitrogens is 2. The van der Waals surface area contributed by atoms with Crippen molar-refractivity contribution in [3.8, 4) is 0 Å². The minimum atomic E-state index is -4.67. The average Bonchev–Trinajstić information content (AvgIpc) is 2.89. The molecular formula is C12H12F3N3O2. The van der Waals surface area contributed by atoms with E-state index in [1.165, 1.54) is 0 Å². The van der Waals surface area contributed by atoms with Crippen LogP contribution in [0.3, 0.4) is 0 Å². The molecule has 0 radical (unpaired) electrons. The maximum Gasteiger partial charge on any atom is 0.471 e. The fourth-order valence-corrected chi connectivity index (χ4v) is 1.61. The van der Waals surface area contributed by atoms with E-state index in [0.29, 0.717) is 12.2 Å². The minimum Gasteiger partial charge on any atom is -0.380 e. The van der Waals surface area contributed by atoms with Crippen LogP contribution in [0.4, 0.5) is 13.2 Å². The number of rotatable bonds is 4. The summed E-state index contributed by atoms with van der Waals surface area (Å²) < 4.78 is 46.2. The van der Waals surface area contributed by atoms with Crippen LogP contribution < -0.4 is 5.73 Å². The second kappa shape index (κ2) is 5.59. The summed E-state index contributed by atoms with van der Waals surface area (Å²) in [5, 5.41) is 3.26. The van der Waals surface area contributed by atoms with E-state index in [9.17, 15) is 13.2 Å². The SMILES string of the molecule is COCc1ccc(C(N)c2noc(C(F)(F)F)n2)cc1. The topological polar surface area (TPSA) is 74.2 Å². The smallest absolute Gasteiger partial charge is 0.380 e. The monoisotopic (exact) mass is 287 g/mol. The number of hydrogen-bond donors (Lipinski definition) is 1. The molecule has 1 heterocycles. The molecule has 1 aromatic carbocycles. The van der Waals surface area contributed by atoms with Crippen LogP contribution >= 0.6 is 0 Å². The molecule has 0 aliphatic rings. The molecule has 2 aromatic rings. The standard InChI is InChI=1S/C12H12F3N3O2/c1-19-6-7-2-4-8(5-3-7)9(16)10-17-11(20-18-10)12(13,14)15/h2-5,9H,6,16H2,1H3. The van der Waals surface area contributed by atoms with Gasteiger partial charge in [0.2, 0.25) is 0 Å². The van der Waals surface area contributed by atoms with Crippen molar-refractivity contribution in [3.05, 3.63) is 47.1 Å². The largest absolute Gasteiger partial charge is 0.471 e. The van der Waals surface area contributed by atoms with Gasteiger partial charge in [0.05, 0.1) is 12.6 Å². The highest BCUT2D eigenvalue weighted by molar-refractivity contribution is 5.27. The highest BCUT2D eigenvalue weighted by atomic mass is 19.4. The van der Waals surface area contributed by atoms with Crippen LogP contribution in [-0.4, -0.2) is 17.3 Å². The van der Waals surface area contributed by atoms with Gasteiger partial charge in [-0.05, 0) is 11.1 Å². The Kier molecular flexibility index (Phi) is 4.05. The van der Waals surface area contributed by atoms with Gasteiger partial charge < -0.3 is 15.0 Å². The van der Waals surface area contributed by atoms with Crippen LogP contribution in [0.25, 0.3) is 0 Å². The number of nitrogens with two attached hydrogens (primary N) is 1. The maximum atomic E-state index is 12.4. The van der Waals surface area contributed by atoms with Crippen LogP contribution in [-0.2, 0) is 17.5 Å². The van der Waals surface area contributed by atoms with Crippen molar-refractivity contribution in [1.29, 1.82) is 0 Å². The second-order valence-electron chi connectivity index (χ2n) is 4.11. The molecule has 5 nitrogen and oxygen atoms in total. The van der Waals surface area contributed by atoms with Gasteiger partial charge in [0.25, 0.3) is 0 Å². The zero-order chi connectivity index (χ0) is 14.8. The summed E-state index contributed by atoms with van der Waals surface area (Å²) in [6.45, 7) is 0.440. The predicted octanol–water partition coefficient (Wildman–Crippen LogP) is 2.28. The number of benzene rings is 1. The van der Waals surface area contributed by atoms with Crippen molar-refractivity contribution in [1.82, 2.24) is 10.1 Å². The lowest BCUT2D eigenvalue weighted by Crippen LogP contribution is -2.14. The Labute approximate surface area is 112 Å². The van der Waals surface area contributed by atoms with E-state index in [0.717, 1.165) is 5.56 Å². The molecule has 1 aromatic heterocycles. The van der Waals surface area contributed by atoms with Gasteiger partial charge in [0.15, 0.2) is 5.82 Å². The molecule has 2 rings (SSSR count). The molecule has 2 N–H and O–H groups in total. The van der Waals surface area contributed by atoms with Crippen molar-refractivity contribution < 1.29 is 22.4 Å². The van der Waals surface area contributed by atoms with Crippen molar-refractivity contribution >= 4 is 0 Å². The summed E-state index contributed by atoms with van der Waals surface area (Å²) in [6, 6.07) is 6.02. The van der Waals surface area contributed by atoms with Crippen LogP contribution in [0.2, 0.25) is 0 Å². The van der Waals surface area contributed by atoms with E-state index in [2.05, 4.69) is 14.7 Å². The Morgan fingerprint density at radius 1 is 1.30 bits per heavy atom. The Hall–Kier alpha value is -1.93. The summed E-state index contributed by atoms with van der Waals surface area (Å²) in [6.07, 6.45) is -4.67. The van der Waals surface area contributed by atoms with Crippen LogP contribution in [0, 0.1) is 0 Å². The highest BCUT2D eigenvalue weighted by Gasteiger charge is 2.39. The lowest BCUT2D eigenvalue weighted by atomic mass is 10.1. The zero-order valence-electron chi connectivity index (χ0n) is 10.5. The number of alkyl halides is 3. The van der Waals surface area contributed by atoms with Gasteiger partial charge in [-0.25, -0.2) is 0 Å². The highest BCUT2D eigenvalue weighted by Crippen LogP contribution is 2.28. The maximum absolute atomic E-state index is 12.4. The molecule has 108 valence electrons. The molecule has 0 bridgehead atoms. The summed E-state index contributed by atoms with van der Waals surface area (Å²) in [5.74, 6) is -1.62. The number of methoxy groups -OCH3 is 1. The van der Waals surface area contributed by atoms with E-state index in [4.69, 9.17) is 10.5 Å². The van der Waals surface area contributed by atoms with Crippen molar-refractivity contribution in [2.24, 2.45) is 5.73 Å². The fraction of sp³-hybridized carbons (Fsp3) is 0.333. The van der Waals surface area contributed by atoms with Crippen molar-refractivity contribution in [3.63, 3.8) is 0 Å². The minimum absolute atomic E-state index is 0.211.